The zero-order valence-electron chi connectivity index (χ0n) is 10.5. The maximum Gasteiger partial charge on any atom is 0.243 e. The summed E-state index contributed by atoms with van der Waals surface area (Å²) in [5, 5.41) is 8.85. The first-order valence-electron chi connectivity index (χ1n) is 5.86. The Morgan fingerprint density at radius 3 is 2.39 bits per heavy atom. The molecule has 0 aliphatic heterocycles. The number of hydrogen-bond acceptors (Lipinski definition) is 3. The minimum Gasteiger partial charge on any atom is -0.392 e. The quantitative estimate of drug-likeness (QED) is 0.831. The maximum absolute atomic E-state index is 13.7. The van der Waals surface area contributed by atoms with Crippen molar-refractivity contribution in [3.63, 3.8) is 0 Å². The molecule has 0 atom stereocenters. The van der Waals surface area contributed by atoms with Crippen LogP contribution in [0.25, 0.3) is 0 Å². The van der Waals surface area contributed by atoms with Crippen LogP contribution in [-0.4, -0.2) is 19.6 Å². The van der Waals surface area contributed by atoms with E-state index in [2.05, 4.69) is 4.72 Å². The molecule has 0 bridgehead atoms. The molecule has 1 aromatic rings. The van der Waals surface area contributed by atoms with Gasteiger partial charge in [-0.3, -0.25) is 0 Å². The van der Waals surface area contributed by atoms with Crippen molar-refractivity contribution < 1.29 is 17.9 Å². The molecule has 0 fully saturated rings. The van der Waals surface area contributed by atoms with E-state index >= 15 is 0 Å². The number of rotatable bonds is 6. The highest BCUT2D eigenvalue weighted by Gasteiger charge is 2.21. The molecule has 0 spiro atoms. The Bertz CT molecular complexity index is 498. The molecule has 6 heteroatoms. The zero-order chi connectivity index (χ0) is 13.8. The molecule has 4 nitrogen and oxygen atoms in total. The topological polar surface area (TPSA) is 66.4 Å². The summed E-state index contributed by atoms with van der Waals surface area (Å²) in [5.41, 5.74) is 0.342. The van der Waals surface area contributed by atoms with Crippen LogP contribution >= 0.6 is 0 Å². The lowest BCUT2D eigenvalue weighted by atomic mass is 10.2. The van der Waals surface area contributed by atoms with Crippen LogP contribution < -0.4 is 4.72 Å². The monoisotopic (exact) mass is 275 g/mol. The SMILES string of the molecule is CCC(CC)NS(=O)(=O)c1ccc(CO)cc1F. The molecule has 2 N–H and O–H groups in total. The molecule has 102 valence electrons. The molecule has 0 saturated carbocycles. The van der Waals surface area contributed by atoms with Crippen molar-refractivity contribution in [2.45, 2.75) is 44.2 Å². The summed E-state index contributed by atoms with van der Waals surface area (Å²) in [6.45, 7) is 3.40. The smallest absolute Gasteiger partial charge is 0.243 e. The lowest BCUT2D eigenvalue weighted by Gasteiger charge is -2.15. The van der Waals surface area contributed by atoms with E-state index in [1.807, 2.05) is 13.8 Å². The van der Waals surface area contributed by atoms with E-state index in [4.69, 9.17) is 5.11 Å². The van der Waals surface area contributed by atoms with Crippen molar-refractivity contribution in [2.75, 3.05) is 0 Å². The van der Waals surface area contributed by atoms with Crippen LogP contribution in [0.2, 0.25) is 0 Å². The van der Waals surface area contributed by atoms with E-state index in [9.17, 15) is 12.8 Å². The summed E-state index contributed by atoms with van der Waals surface area (Å²) in [6, 6.07) is 3.39. The highest BCUT2D eigenvalue weighted by atomic mass is 32.2. The van der Waals surface area contributed by atoms with E-state index in [1.54, 1.807) is 0 Å². The average molecular weight is 275 g/mol. The van der Waals surface area contributed by atoms with Crippen molar-refractivity contribution in [3.8, 4) is 0 Å². The van der Waals surface area contributed by atoms with Crippen LogP contribution in [0.5, 0.6) is 0 Å². The first-order valence-corrected chi connectivity index (χ1v) is 7.34. The number of halogens is 1. The first-order chi connectivity index (χ1) is 8.44. The molecular formula is C12H18FNO3S. The summed E-state index contributed by atoms with van der Waals surface area (Å²) in [4.78, 5) is -0.383. The normalized spacial score (nSPS) is 12.1. The number of benzene rings is 1. The van der Waals surface area contributed by atoms with Crippen LogP contribution in [0.4, 0.5) is 4.39 Å². The molecule has 0 aliphatic carbocycles. The molecule has 18 heavy (non-hydrogen) atoms. The second-order valence-corrected chi connectivity index (χ2v) is 5.74. The van der Waals surface area contributed by atoms with Gasteiger partial charge in [-0.25, -0.2) is 17.5 Å². The Labute approximate surface area is 107 Å². The predicted octanol–water partition coefficient (Wildman–Crippen LogP) is 1.78. The van der Waals surface area contributed by atoms with Crippen molar-refractivity contribution in [1.82, 2.24) is 4.72 Å². The third-order valence-electron chi connectivity index (χ3n) is 2.78. The van der Waals surface area contributed by atoms with Gasteiger partial charge in [0.05, 0.1) is 6.61 Å². The molecule has 0 amide bonds. The number of sulfonamides is 1. The number of aliphatic hydroxyl groups excluding tert-OH is 1. The largest absolute Gasteiger partial charge is 0.392 e. The summed E-state index contributed by atoms with van der Waals surface area (Å²) < 4.78 is 40.1. The predicted molar refractivity (Wildman–Crippen MR) is 67.0 cm³/mol. The second-order valence-electron chi connectivity index (χ2n) is 4.06. The molecule has 0 radical (unpaired) electrons. The zero-order valence-corrected chi connectivity index (χ0v) is 11.3. The Kier molecular flexibility index (Phi) is 5.25. The van der Waals surface area contributed by atoms with Crippen LogP contribution in [0.3, 0.4) is 0 Å². The average Bonchev–Trinajstić information content (AvgIpc) is 2.35. The minimum atomic E-state index is -3.85. The Balaban J connectivity index is 3.05. The number of aliphatic hydroxyl groups is 1. The third-order valence-corrected chi connectivity index (χ3v) is 4.33. The van der Waals surface area contributed by atoms with Crippen LogP contribution in [-0.2, 0) is 16.6 Å². The molecule has 0 saturated heterocycles. The molecular weight excluding hydrogens is 257 g/mol. The summed E-state index contributed by atoms with van der Waals surface area (Å²) >= 11 is 0. The fraction of sp³-hybridized carbons (Fsp3) is 0.500. The van der Waals surface area contributed by atoms with Gasteiger partial charge in [0.25, 0.3) is 0 Å². The Morgan fingerprint density at radius 2 is 1.94 bits per heavy atom. The van der Waals surface area contributed by atoms with E-state index in [0.717, 1.165) is 6.07 Å². The van der Waals surface area contributed by atoms with Gasteiger partial charge in [0.1, 0.15) is 10.7 Å². The van der Waals surface area contributed by atoms with Crippen molar-refractivity contribution in [3.05, 3.63) is 29.6 Å². The van der Waals surface area contributed by atoms with Gasteiger partial charge < -0.3 is 5.11 Å². The van der Waals surface area contributed by atoms with E-state index in [0.29, 0.717) is 18.4 Å². The van der Waals surface area contributed by atoms with Crippen LogP contribution in [0, 0.1) is 5.82 Å². The van der Waals surface area contributed by atoms with Gasteiger partial charge in [0.15, 0.2) is 0 Å². The van der Waals surface area contributed by atoms with Crippen LogP contribution in [0.1, 0.15) is 32.3 Å². The van der Waals surface area contributed by atoms with Crippen LogP contribution in [0.15, 0.2) is 23.1 Å². The van der Waals surface area contributed by atoms with Gasteiger partial charge in [-0.05, 0) is 30.5 Å². The molecule has 0 aromatic heterocycles. The summed E-state index contributed by atoms with van der Waals surface area (Å²) in [5.74, 6) is -0.847. The lowest BCUT2D eigenvalue weighted by molar-refractivity contribution is 0.281. The molecule has 0 aliphatic rings. The van der Waals surface area contributed by atoms with Gasteiger partial charge in [0, 0.05) is 6.04 Å². The molecule has 0 heterocycles. The lowest BCUT2D eigenvalue weighted by Crippen LogP contribution is -2.34. The molecule has 1 aromatic carbocycles. The highest BCUT2D eigenvalue weighted by molar-refractivity contribution is 7.89. The second kappa shape index (κ2) is 6.26. The van der Waals surface area contributed by atoms with E-state index < -0.39 is 15.8 Å². The van der Waals surface area contributed by atoms with Gasteiger partial charge in [0.2, 0.25) is 10.0 Å². The minimum absolute atomic E-state index is 0.202. The van der Waals surface area contributed by atoms with Gasteiger partial charge >= 0.3 is 0 Å². The van der Waals surface area contributed by atoms with Gasteiger partial charge in [-0.2, -0.15) is 0 Å². The highest BCUT2D eigenvalue weighted by Crippen LogP contribution is 2.17. The number of nitrogens with one attached hydrogen (secondary N) is 1. The van der Waals surface area contributed by atoms with E-state index in [-0.39, 0.29) is 17.5 Å². The third kappa shape index (κ3) is 3.51. The van der Waals surface area contributed by atoms with Crippen molar-refractivity contribution in [2.24, 2.45) is 0 Å². The van der Waals surface area contributed by atoms with Crippen molar-refractivity contribution in [1.29, 1.82) is 0 Å². The molecule has 1 rings (SSSR count). The van der Waals surface area contributed by atoms with E-state index in [1.165, 1.54) is 12.1 Å². The Morgan fingerprint density at radius 1 is 1.33 bits per heavy atom. The standard InChI is InChI=1S/C12H18FNO3S/c1-3-10(4-2)14-18(16,17)12-6-5-9(8-15)7-11(12)13/h5-7,10,14-15H,3-4,8H2,1-2H3. The maximum atomic E-state index is 13.7. The van der Waals surface area contributed by atoms with Gasteiger partial charge in [-0.15, -0.1) is 0 Å². The summed E-state index contributed by atoms with van der Waals surface area (Å²) in [6.07, 6.45) is 1.29. The Hall–Kier alpha value is -0.980. The fourth-order valence-corrected chi connectivity index (χ4v) is 3.06. The number of hydrogen-bond donors (Lipinski definition) is 2. The summed E-state index contributed by atoms with van der Waals surface area (Å²) in [7, 11) is -3.85. The van der Waals surface area contributed by atoms with Crippen molar-refractivity contribution >= 4 is 10.0 Å². The van der Waals surface area contributed by atoms with Gasteiger partial charge in [-0.1, -0.05) is 19.9 Å². The fourth-order valence-electron chi connectivity index (χ4n) is 1.60. The molecule has 0 unspecified atom stereocenters. The first kappa shape index (κ1) is 15.1.